The highest BCUT2D eigenvalue weighted by atomic mass is 16.3. The molecule has 5 aromatic rings. The number of hydrogen-bond acceptors (Lipinski definition) is 13. The molecule has 9 heterocycles. The first kappa shape index (κ1) is 46.2. The van der Waals surface area contributed by atoms with Crippen LogP contribution in [0.15, 0.2) is 71.9 Å². The molecule has 6 aliphatic rings. The third-order valence-corrected chi connectivity index (χ3v) is 15.7. The van der Waals surface area contributed by atoms with E-state index < -0.39 is 29.7 Å². The summed E-state index contributed by atoms with van der Waals surface area (Å²) < 4.78 is 3.66. The standard InChI is InChI=1S/C53H59N11O7/c1-30-20-34(13-15-60(30)35-6-8-38-39(23-35)50(69)64(49(38)68)42-9-11-46(66)57-48(42)67)59-16-17-61(31(2)27-59)36-7-10-45(55-26-36)56-41-21-33(28-58(5)51(41)70)37-12-14-54-47(40(37)29-65)63-19-18-62-43(52(63)71)22-32-24-53(3,4)25-44(32)62/h6-8,10,12,14,21-23,26,28,30-31,34,42,65H,9,11,13,15-20,24-25,27,29H2,1-5H3,(H,55,56)(H,57,66,67)/t30-,31-,34+,42?/m0/s1. The maximum Gasteiger partial charge on any atom is 0.276 e. The smallest absolute Gasteiger partial charge is 0.276 e. The number of aryl methyl sites for hydroxylation is 1. The largest absolute Gasteiger partial charge is 0.392 e. The van der Waals surface area contributed by atoms with Crippen molar-refractivity contribution in [2.24, 2.45) is 12.5 Å². The van der Waals surface area contributed by atoms with Crippen LogP contribution in [0.5, 0.6) is 0 Å². The van der Waals surface area contributed by atoms with E-state index in [1.807, 2.05) is 30.5 Å². The van der Waals surface area contributed by atoms with Gasteiger partial charge in [0.1, 0.15) is 29.1 Å². The highest BCUT2D eigenvalue weighted by Gasteiger charge is 2.45. The average Bonchev–Trinajstić information content (AvgIpc) is 3.94. The van der Waals surface area contributed by atoms with E-state index in [4.69, 9.17) is 4.98 Å². The highest BCUT2D eigenvalue weighted by molar-refractivity contribution is 6.23. The molecule has 1 aromatic carbocycles. The zero-order valence-corrected chi connectivity index (χ0v) is 40.8. The second-order valence-electron chi connectivity index (χ2n) is 21.0. The van der Waals surface area contributed by atoms with Crippen molar-refractivity contribution in [3.05, 3.63) is 111 Å². The van der Waals surface area contributed by atoms with Crippen LogP contribution >= 0.6 is 0 Å². The molecule has 1 unspecified atom stereocenters. The molecule has 18 nitrogen and oxygen atoms in total. The third-order valence-electron chi connectivity index (χ3n) is 15.7. The van der Waals surface area contributed by atoms with Crippen molar-refractivity contribution in [3.63, 3.8) is 0 Å². The Morgan fingerprint density at radius 2 is 1.59 bits per heavy atom. The first-order valence-corrected chi connectivity index (χ1v) is 24.8. The maximum atomic E-state index is 14.0. The predicted octanol–water partition coefficient (Wildman–Crippen LogP) is 4.63. The van der Waals surface area contributed by atoms with Crippen LogP contribution in [0.3, 0.4) is 0 Å². The lowest BCUT2D eigenvalue weighted by atomic mass is 9.90. The second-order valence-corrected chi connectivity index (χ2v) is 21.0. The molecule has 368 valence electrons. The van der Waals surface area contributed by atoms with Crippen molar-refractivity contribution in [3.8, 4) is 11.1 Å². The number of hydrogen-bond donors (Lipinski definition) is 3. The van der Waals surface area contributed by atoms with Crippen molar-refractivity contribution in [1.82, 2.24) is 34.2 Å². The number of piperazine rings is 1. The number of carbonyl (C=O) groups excluding carboxylic acids is 5. The van der Waals surface area contributed by atoms with Gasteiger partial charge in [-0.2, -0.15) is 0 Å². The molecule has 0 bridgehead atoms. The molecule has 18 heteroatoms. The van der Waals surface area contributed by atoms with Crippen LogP contribution in [0.2, 0.25) is 0 Å². The number of rotatable bonds is 9. The molecular formula is C53H59N11O7. The fourth-order valence-corrected chi connectivity index (χ4v) is 12.2. The number of imide groups is 2. The molecule has 4 aromatic heterocycles. The molecular weight excluding hydrogens is 903 g/mol. The minimum absolute atomic E-state index is 0.0757. The van der Waals surface area contributed by atoms with Gasteiger partial charge in [0.2, 0.25) is 11.8 Å². The first-order valence-electron chi connectivity index (χ1n) is 24.8. The Kier molecular flexibility index (Phi) is 11.5. The van der Waals surface area contributed by atoms with Gasteiger partial charge >= 0.3 is 0 Å². The predicted molar refractivity (Wildman–Crippen MR) is 267 cm³/mol. The van der Waals surface area contributed by atoms with Crippen molar-refractivity contribution in [1.29, 1.82) is 0 Å². The lowest BCUT2D eigenvalue weighted by Gasteiger charge is -2.48. The SMILES string of the molecule is C[C@H]1C[C@H](N2CCN(c3ccc(Nc4cc(-c5ccnc(N6CCn7c(cc8c7CC(C)(C)C8)C6=O)c5CO)cn(C)c4=O)nc3)[C@@H](C)C2)CCN1c1ccc2c(c1)C(=O)N(C1CCC(=O)NC1=O)C2=O. The van der Waals surface area contributed by atoms with Gasteiger partial charge < -0.3 is 29.4 Å². The van der Waals surface area contributed by atoms with Crippen molar-refractivity contribution >= 4 is 58.2 Å². The van der Waals surface area contributed by atoms with Gasteiger partial charge in [-0.1, -0.05) is 13.8 Å². The van der Waals surface area contributed by atoms with Gasteiger partial charge in [-0.3, -0.25) is 48.8 Å². The lowest BCUT2D eigenvalue weighted by molar-refractivity contribution is -0.136. The van der Waals surface area contributed by atoms with Crippen molar-refractivity contribution in [2.45, 2.75) is 104 Å². The van der Waals surface area contributed by atoms with E-state index in [2.05, 4.69) is 62.6 Å². The topological polar surface area (TPSA) is 199 Å². The summed E-state index contributed by atoms with van der Waals surface area (Å²) in [5, 5.41) is 16.3. The molecule has 5 aliphatic heterocycles. The second kappa shape index (κ2) is 17.6. The van der Waals surface area contributed by atoms with E-state index in [1.54, 1.807) is 48.6 Å². The van der Waals surface area contributed by atoms with Crippen molar-refractivity contribution in [2.75, 3.05) is 52.7 Å². The summed E-state index contributed by atoms with van der Waals surface area (Å²) in [6, 6.07) is 14.6. The number of aliphatic hydroxyl groups excluding tert-OH is 1. The Bertz CT molecular complexity index is 3110. The quantitative estimate of drug-likeness (QED) is 0.173. The molecule has 4 atom stereocenters. The van der Waals surface area contributed by atoms with Gasteiger partial charge in [0, 0.05) is 106 Å². The number of fused-ring (bicyclic) bond motifs is 4. The summed E-state index contributed by atoms with van der Waals surface area (Å²) in [6.45, 7) is 13.0. The Morgan fingerprint density at radius 1 is 0.803 bits per heavy atom. The number of piperidine rings is 2. The van der Waals surface area contributed by atoms with E-state index in [-0.39, 0.29) is 59.5 Å². The Hall–Kier alpha value is -7.18. The van der Waals surface area contributed by atoms with E-state index in [1.165, 1.54) is 15.8 Å². The van der Waals surface area contributed by atoms with Crippen LogP contribution in [-0.4, -0.2) is 120 Å². The third kappa shape index (κ3) is 8.06. The summed E-state index contributed by atoms with van der Waals surface area (Å²) in [4.78, 5) is 98.0. The minimum Gasteiger partial charge on any atom is -0.392 e. The van der Waals surface area contributed by atoms with E-state index >= 15 is 0 Å². The molecule has 3 saturated heterocycles. The fourth-order valence-electron chi connectivity index (χ4n) is 12.2. The number of nitrogens with one attached hydrogen (secondary N) is 2. The van der Waals surface area contributed by atoms with Crippen molar-refractivity contribution < 1.29 is 29.1 Å². The summed E-state index contributed by atoms with van der Waals surface area (Å²) >= 11 is 0. The monoisotopic (exact) mass is 961 g/mol. The lowest BCUT2D eigenvalue weighted by Crippen LogP contribution is -2.58. The highest BCUT2D eigenvalue weighted by Crippen LogP contribution is 2.41. The van der Waals surface area contributed by atoms with Crippen LogP contribution in [0.1, 0.15) is 101 Å². The van der Waals surface area contributed by atoms with Gasteiger partial charge in [0.05, 0.1) is 29.6 Å². The summed E-state index contributed by atoms with van der Waals surface area (Å²) in [5.41, 5.74) is 7.64. The van der Waals surface area contributed by atoms with Gasteiger partial charge in [0.15, 0.2) is 0 Å². The molecule has 0 spiro atoms. The Balaban J connectivity index is 0.726. The van der Waals surface area contributed by atoms with Crippen LogP contribution in [-0.2, 0) is 42.6 Å². The van der Waals surface area contributed by atoms with E-state index in [9.17, 15) is 33.9 Å². The van der Waals surface area contributed by atoms with Crippen LogP contribution in [0.4, 0.5) is 28.7 Å². The van der Waals surface area contributed by atoms with E-state index in [0.717, 1.165) is 68.1 Å². The Labute approximate surface area is 411 Å². The Morgan fingerprint density at radius 3 is 2.34 bits per heavy atom. The summed E-state index contributed by atoms with van der Waals surface area (Å²) in [7, 11) is 1.69. The molecule has 1 aliphatic carbocycles. The number of aliphatic hydroxyl groups is 1. The fraction of sp³-hybridized carbons (Fsp3) is 0.434. The number of anilines is 5. The number of aromatic nitrogens is 4. The molecule has 3 fully saturated rings. The van der Waals surface area contributed by atoms with Crippen LogP contribution < -0.4 is 30.9 Å². The average molecular weight is 962 g/mol. The zero-order valence-electron chi connectivity index (χ0n) is 40.8. The summed E-state index contributed by atoms with van der Waals surface area (Å²) in [5.74, 6) is -1.24. The molecule has 5 amide bonds. The molecule has 71 heavy (non-hydrogen) atoms. The molecule has 0 saturated carbocycles. The zero-order chi connectivity index (χ0) is 49.6. The van der Waals surface area contributed by atoms with Gasteiger partial charge in [0.25, 0.3) is 23.3 Å². The molecule has 3 N–H and O–H groups in total. The molecule has 11 rings (SSSR count). The minimum atomic E-state index is -0.998. The molecule has 0 radical (unpaired) electrons. The van der Waals surface area contributed by atoms with Crippen LogP contribution in [0.25, 0.3) is 11.1 Å². The van der Waals surface area contributed by atoms with Crippen LogP contribution in [0, 0.1) is 5.41 Å². The summed E-state index contributed by atoms with van der Waals surface area (Å²) in [6.07, 6.45) is 9.14. The van der Waals surface area contributed by atoms with E-state index in [0.29, 0.717) is 58.8 Å². The number of nitrogens with zero attached hydrogens (tertiary/aromatic N) is 9. The van der Waals surface area contributed by atoms with Gasteiger partial charge in [-0.25, -0.2) is 9.97 Å². The number of carbonyl (C=O) groups is 5. The van der Waals surface area contributed by atoms with Gasteiger partial charge in [-0.15, -0.1) is 0 Å². The van der Waals surface area contributed by atoms with Gasteiger partial charge in [-0.05, 0) is 111 Å². The number of benzene rings is 1. The maximum absolute atomic E-state index is 14.0. The normalized spacial score (nSPS) is 23.3. The first-order chi connectivity index (χ1) is 34.1. The number of pyridine rings is 3. The number of amides is 5.